The van der Waals surface area contributed by atoms with Crippen molar-refractivity contribution in [1.29, 1.82) is 0 Å². The lowest BCUT2D eigenvalue weighted by Gasteiger charge is -2.34. The van der Waals surface area contributed by atoms with Gasteiger partial charge in [-0.15, -0.1) is 0 Å². The van der Waals surface area contributed by atoms with Gasteiger partial charge in [0, 0.05) is 11.1 Å². The normalized spacial score (nSPS) is 17.1. The molecule has 2 aliphatic rings. The molecule has 140 valence electrons. The van der Waals surface area contributed by atoms with E-state index < -0.39 is 0 Å². The van der Waals surface area contributed by atoms with E-state index in [2.05, 4.69) is 58.6 Å². The first kappa shape index (κ1) is 17.0. The van der Waals surface area contributed by atoms with Crippen molar-refractivity contribution >= 4 is 6.21 Å². The molecule has 0 aromatic heterocycles. The molecule has 0 saturated carbocycles. The van der Waals surface area contributed by atoms with Gasteiger partial charge in [-0.05, 0) is 16.7 Å². The number of nitrogens with one attached hydrogen (secondary N) is 1. The van der Waals surface area contributed by atoms with E-state index in [0.29, 0.717) is 11.6 Å². The quantitative estimate of drug-likeness (QED) is 0.719. The number of benzene rings is 3. The van der Waals surface area contributed by atoms with Gasteiger partial charge in [-0.1, -0.05) is 78.5 Å². The number of nitrogens with zero attached hydrogens (tertiary/aromatic N) is 2. The second-order valence-electron chi connectivity index (χ2n) is 7.50. The molecule has 3 aromatic carbocycles. The Morgan fingerprint density at radius 1 is 0.821 bits per heavy atom. The molecule has 1 heterocycles. The van der Waals surface area contributed by atoms with E-state index in [1.807, 2.05) is 12.1 Å². The maximum atomic E-state index is 11.8. The first-order valence-corrected chi connectivity index (χ1v) is 9.89. The standard InChI is InChI=1S/C24H23N3O/c28-23-12-6-1-7-18(23)17-25-27-15-13-26(14-16-27)24-21-10-4-2-8-19(21)20-9-3-5-11-22(20)24/h1-12,17,24,28H,13-16H2. The third-order valence-corrected chi connectivity index (χ3v) is 5.90. The van der Waals surface area contributed by atoms with E-state index >= 15 is 0 Å². The highest BCUT2D eigenvalue weighted by atomic mass is 16.3. The average molecular weight is 369 g/mol. The molecule has 1 aliphatic heterocycles. The summed E-state index contributed by atoms with van der Waals surface area (Å²) in [6, 6.07) is 25.1. The number of para-hydroxylation sites is 1. The van der Waals surface area contributed by atoms with Crippen LogP contribution in [0.15, 0.2) is 77.9 Å². The van der Waals surface area contributed by atoms with Crippen LogP contribution < -0.4 is 10.0 Å². The summed E-state index contributed by atoms with van der Waals surface area (Å²) in [5.41, 5.74) is 6.29. The molecule has 1 aliphatic carbocycles. The number of hydrogen-bond donors (Lipinski definition) is 1. The monoisotopic (exact) mass is 369 g/mol. The molecule has 1 saturated heterocycles. The van der Waals surface area contributed by atoms with Crippen LogP contribution in [0, 0.1) is 0 Å². The van der Waals surface area contributed by atoms with E-state index in [9.17, 15) is 5.11 Å². The van der Waals surface area contributed by atoms with Gasteiger partial charge in [0.15, 0.2) is 0 Å². The van der Waals surface area contributed by atoms with Gasteiger partial charge in [0.25, 0.3) is 0 Å². The minimum absolute atomic E-state index is 0.0229. The fourth-order valence-electron chi connectivity index (χ4n) is 4.51. The summed E-state index contributed by atoms with van der Waals surface area (Å²) in [7, 11) is 0. The van der Waals surface area contributed by atoms with Crippen LogP contribution in [0.5, 0.6) is 5.75 Å². The van der Waals surface area contributed by atoms with Gasteiger partial charge in [0.2, 0.25) is 0 Å². The van der Waals surface area contributed by atoms with Crippen molar-refractivity contribution in [2.45, 2.75) is 6.04 Å². The smallest absolute Gasteiger partial charge is 0.140 e. The zero-order chi connectivity index (χ0) is 18.9. The van der Waals surface area contributed by atoms with Crippen molar-refractivity contribution in [1.82, 2.24) is 5.01 Å². The minimum Gasteiger partial charge on any atom is -0.872 e. The zero-order valence-electron chi connectivity index (χ0n) is 15.7. The van der Waals surface area contributed by atoms with Crippen molar-refractivity contribution in [2.24, 2.45) is 5.10 Å². The number of fused-ring (bicyclic) bond motifs is 3. The lowest BCUT2D eigenvalue weighted by molar-refractivity contribution is -0.929. The predicted octanol–water partition coefficient (Wildman–Crippen LogP) is 2.06. The molecule has 5 rings (SSSR count). The highest BCUT2D eigenvalue weighted by molar-refractivity contribution is 5.82. The zero-order valence-corrected chi connectivity index (χ0v) is 15.7. The maximum absolute atomic E-state index is 11.8. The lowest BCUT2D eigenvalue weighted by atomic mass is 10.0. The van der Waals surface area contributed by atoms with Gasteiger partial charge in [-0.3, -0.25) is 5.01 Å². The van der Waals surface area contributed by atoms with Crippen molar-refractivity contribution in [3.8, 4) is 16.9 Å². The number of rotatable bonds is 3. The van der Waals surface area contributed by atoms with Crippen LogP contribution in [-0.2, 0) is 0 Å². The van der Waals surface area contributed by atoms with Crippen molar-refractivity contribution in [3.63, 3.8) is 0 Å². The first-order valence-electron chi connectivity index (χ1n) is 9.89. The second kappa shape index (κ2) is 7.13. The van der Waals surface area contributed by atoms with Gasteiger partial charge < -0.3 is 10.0 Å². The first-order chi connectivity index (χ1) is 13.8. The van der Waals surface area contributed by atoms with E-state index in [4.69, 9.17) is 0 Å². The third kappa shape index (κ3) is 2.96. The topological polar surface area (TPSA) is 43.1 Å². The van der Waals surface area contributed by atoms with Crippen LogP contribution in [0.25, 0.3) is 11.1 Å². The summed E-state index contributed by atoms with van der Waals surface area (Å²) < 4.78 is 0. The van der Waals surface area contributed by atoms with Gasteiger partial charge in [0.05, 0.1) is 32.4 Å². The van der Waals surface area contributed by atoms with Crippen LogP contribution in [0.1, 0.15) is 22.7 Å². The molecule has 3 aromatic rings. The summed E-state index contributed by atoms with van der Waals surface area (Å²) >= 11 is 0. The lowest BCUT2D eigenvalue weighted by Crippen LogP contribution is -3.14. The Morgan fingerprint density at radius 2 is 1.39 bits per heavy atom. The molecule has 0 radical (unpaired) electrons. The highest BCUT2D eigenvalue weighted by Gasteiger charge is 2.37. The number of quaternary nitrogens is 1. The Labute approximate surface area is 165 Å². The Bertz CT molecular complexity index is 976. The number of hydrogen-bond acceptors (Lipinski definition) is 3. The number of piperazine rings is 1. The van der Waals surface area contributed by atoms with E-state index in [1.165, 1.54) is 22.3 Å². The molecule has 4 heteroatoms. The van der Waals surface area contributed by atoms with Crippen molar-refractivity contribution < 1.29 is 10.0 Å². The largest absolute Gasteiger partial charge is 0.872 e. The van der Waals surface area contributed by atoms with E-state index in [1.54, 1.807) is 23.2 Å². The Hall–Kier alpha value is -3.11. The highest BCUT2D eigenvalue weighted by Crippen LogP contribution is 2.41. The van der Waals surface area contributed by atoms with Gasteiger partial charge >= 0.3 is 0 Å². The molecule has 0 bridgehead atoms. The summed E-state index contributed by atoms with van der Waals surface area (Å²) in [5, 5.41) is 18.5. The molecule has 0 unspecified atom stereocenters. The van der Waals surface area contributed by atoms with Crippen LogP contribution >= 0.6 is 0 Å². The summed E-state index contributed by atoms with van der Waals surface area (Å²) in [4.78, 5) is 1.59. The fraction of sp³-hybridized carbons (Fsp3) is 0.208. The van der Waals surface area contributed by atoms with Gasteiger partial charge in [0.1, 0.15) is 6.04 Å². The van der Waals surface area contributed by atoms with Crippen LogP contribution in [0.4, 0.5) is 0 Å². The third-order valence-electron chi connectivity index (χ3n) is 5.90. The minimum atomic E-state index is 0.0229. The molecular weight excluding hydrogens is 346 g/mol. The number of hydrazone groups is 1. The Balaban J connectivity index is 1.33. The van der Waals surface area contributed by atoms with E-state index in [0.717, 1.165) is 26.2 Å². The Morgan fingerprint density at radius 3 is 2.04 bits per heavy atom. The summed E-state index contributed by atoms with van der Waals surface area (Å²) in [6.45, 7) is 3.86. The van der Waals surface area contributed by atoms with Crippen LogP contribution in [-0.4, -0.2) is 37.4 Å². The summed E-state index contributed by atoms with van der Waals surface area (Å²) in [5.74, 6) is 0.0229. The molecule has 4 nitrogen and oxygen atoms in total. The van der Waals surface area contributed by atoms with Crippen LogP contribution in [0.2, 0.25) is 0 Å². The molecular formula is C24H23N3O. The van der Waals surface area contributed by atoms with Crippen molar-refractivity contribution in [3.05, 3.63) is 89.5 Å². The fourth-order valence-corrected chi connectivity index (χ4v) is 4.51. The predicted molar refractivity (Wildman–Crippen MR) is 109 cm³/mol. The molecule has 0 spiro atoms. The SMILES string of the molecule is [O-]c1ccccc1C=NN1CC[NH+](C2c3ccccc3-c3ccccc32)CC1. The maximum Gasteiger partial charge on any atom is 0.140 e. The Kier molecular flexibility index (Phi) is 4.34. The molecule has 1 N–H and O–H groups in total. The molecule has 1 fully saturated rings. The average Bonchev–Trinajstić information content (AvgIpc) is 3.08. The molecule has 28 heavy (non-hydrogen) atoms. The molecule has 0 atom stereocenters. The van der Waals surface area contributed by atoms with Crippen LogP contribution in [0.3, 0.4) is 0 Å². The van der Waals surface area contributed by atoms with E-state index in [-0.39, 0.29) is 5.75 Å². The molecule has 0 amide bonds. The summed E-state index contributed by atoms with van der Waals surface area (Å²) in [6.07, 6.45) is 1.70. The van der Waals surface area contributed by atoms with Crippen molar-refractivity contribution in [2.75, 3.05) is 26.2 Å². The van der Waals surface area contributed by atoms with Gasteiger partial charge in [-0.25, -0.2) is 0 Å². The van der Waals surface area contributed by atoms with Gasteiger partial charge in [-0.2, -0.15) is 5.10 Å². The second-order valence-corrected chi connectivity index (χ2v) is 7.50.